The van der Waals surface area contributed by atoms with Gasteiger partial charge in [0.2, 0.25) is 0 Å². The van der Waals surface area contributed by atoms with Crippen LogP contribution in [0.4, 0.5) is 10.6 Å². The van der Waals surface area contributed by atoms with Gasteiger partial charge in [-0.2, -0.15) is 5.10 Å². The maximum absolute atomic E-state index is 12.3. The maximum Gasteiger partial charge on any atom is 0.410 e. The summed E-state index contributed by atoms with van der Waals surface area (Å²) in [5.74, 6) is 4.16. The van der Waals surface area contributed by atoms with E-state index in [0.29, 0.717) is 17.8 Å². The molecule has 1 saturated carbocycles. The number of piperidine rings is 1. The number of amides is 1. The molecule has 1 amide bonds. The van der Waals surface area contributed by atoms with Gasteiger partial charge in [0.15, 0.2) is 5.65 Å². The lowest BCUT2D eigenvalue weighted by Gasteiger charge is -2.41. The minimum Gasteiger partial charge on any atom is -0.457 e. The monoisotopic (exact) mass is 664 g/mol. The van der Waals surface area contributed by atoms with Gasteiger partial charge in [0.05, 0.1) is 11.4 Å². The minimum absolute atomic E-state index is 0.174. The summed E-state index contributed by atoms with van der Waals surface area (Å²) < 4.78 is 13.7. The van der Waals surface area contributed by atoms with E-state index in [2.05, 4.69) is 24.4 Å². The van der Waals surface area contributed by atoms with Crippen LogP contribution in [-0.4, -0.2) is 98.0 Å². The summed E-state index contributed by atoms with van der Waals surface area (Å²) in [6, 6.07) is 18.7. The first-order chi connectivity index (χ1) is 23.7. The van der Waals surface area contributed by atoms with Gasteiger partial charge in [0.25, 0.3) is 0 Å². The van der Waals surface area contributed by atoms with E-state index in [9.17, 15) is 4.79 Å². The van der Waals surface area contributed by atoms with Crippen LogP contribution in [0.2, 0.25) is 0 Å². The van der Waals surface area contributed by atoms with Crippen molar-refractivity contribution in [2.45, 2.75) is 64.1 Å². The number of para-hydroxylation sites is 1. The molecule has 2 aromatic heterocycles. The van der Waals surface area contributed by atoms with E-state index in [1.165, 1.54) is 25.9 Å². The molecular weight excluding hydrogens is 616 g/mol. The second-order valence-corrected chi connectivity index (χ2v) is 15.6. The highest BCUT2D eigenvalue weighted by Crippen LogP contribution is 2.42. The van der Waals surface area contributed by atoms with Crippen LogP contribution in [0.3, 0.4) is 0 Å². The van der Waals surface area contributed by atoms with Crippen LogP contribution in [0.25, 0.3) is 22.3 Å². The molecule has 49 heavy (non-hydrogen) atoms. The normalized spacial score (nSPS) is 23.9. The third-order valence-electron chi connectivity index (χ3n) is 10.9. The number of nitrogens with two attached hydrogens (primary N) is 1. The van der Waals surface area contributed by atoms with Crippen LogP contribution < -0.4 is 10.5 Å². The summed E-state index contributed by atoms with van der Waals surface area (Å²) in [7, 11) is 0. The number of nitrogen functional groups attached to an aromatic ring is 1. The molecule has 258 valence electrons. The lowest BCUT2D eigenvalue weighted by molar-refractivity contribution is -0.00576. The summed E-state index contributed by atoms with van der Waals surface area (Å²) in [4.78, 5) is 28.6. The van der Waals surface area contributed by atoms with E-state index < -0.39 is 5.60 Å². The van der Waals surface area contributed by atoms with Crippen molar-refractivity contribution in [2.24, 2.45) is 17.8 Å². The van der Waals surface area contributed by atoms with Crippen molar-refractivity contribution < 1.29 is 14.3 Å². The SMILES string of the molecule is CC(C)(C)OC(=O)N1CC(CN2C[C@H]3CC(N4CCC(n5nc(-c6ccc(Oc7ccccc7)cc6)c6c(N)ncnc65)CC4)C[C@H]3C2)C1. The Labute approximate surface area is 288 Å². The summed E-state index contributed by atoms with van der Waals surface area (Å²) in [6.07, 6.45) is 6.04. The molecule has 5 heterocycles. The molecule has 4 aromatic rings. The van der Waals surface area contributed by atoms with E-state index in [-0.39, 0.29) is 12.1 Å². The Balaban J connectivity index is 0.857. The minimum atomic E-state index is -0.436. The number of benzene rings is 2. The molecule has 1 unspecified atom stereocenters. The number of fused-ring (bicyclic) bond motifs is 2. The van der Waals surface area contributed by atoms with E-state index >= 15 is 0 Å². The predicted molar refractivity (Wildman–Crippen MR) is 189 cm³/mol. The second kappa shape index (κ2) is 12.9. The van der Waals surface area contributed by atoms with Gasteiger partial charge in [0.1, 0.15) is 34.9 Å². The van der Waals surface area contributed by atoms with Gasteiger partial charge in [-0.15, -0.1) is 0 Å². The summed E-state index contributed by atoms with van der Waals surface area (Å²) in [5.41, 5.74) is 8.59. The molecule has 4 aliphatic rings. The lowest BCUT2D eigenvalue weighted by atomic mass is 9.99. The summed E-state index contributed by atoms with van der Waals surface area (Å²) >= 11 is 0. The molecule has 8 rings (SSSR count). The Morgan fingerprint density at radius 2 is 1.55 bits per heavy atom. The van der Waals surface area contributed by atoms with Crippen LogP contribution in [0.5, 0.6) is 11.5 Å². The molecule has 1 aliphatic carbocycles. The number of likely N-dealkylation sites (tertiary alicyclic amines) is 3. The van der Waals surface area contributed by atoms with Gasteiger partial charge in [-0.1, -0.05) is 18.2 Å². The van der Waals surface area contributed by atoms with Crippen molar-refractivity contribution in [3.63, 3.8) is 0 Å². The van der Waals surface area contributed by atoms with Gasteiger partial charge in [-0.25, -0.2) is 19.4 Å². The van der Waals surface area contributed by atoms with Crippen LogP contribution in [0, 0.1) is 17.8 Å². The molecule has 3 saturated heterocycles. The molecule has 3 atom stereocenters. The smallest absolute Gasteiger partial charge is 0.410 e. The third-order valence-corrected chi connectivity index (χ3v) is 10.9. The summed E-state index contributed by atoms with van der Waals surface area (Å²) in [5, 5.41) is 5.96. The lowest BCUT2D eigenvalue weighted by Crippen LogP contribution is -2.54. The maximum atomic E-state index is 12.3. The van der Waals surface area contributed by atoms with Crippen LogP contribution in [0.15, 0.2) is 60.9 Å². The number of hydrogen-bond donors (Lipinski definition) is 1. The molecule has 11 nitrogen and oxygen atoms in total. The number of carbonyl (C=O) groups is 1. The van der Waals surface area contributed by atoms with Crippen LogP contribution in [0.1, 0.15) is 52.5 Å². The topological polar surface area (TPSA) is 115 Å². The predicted octanol–water partition coefficient (Wildman–Crippen LogP) is 6.08. The number of anilines is 1. The van der Waals surface area contributed by atoms with Crippen molar-refractivity contribution in [1.29, 1.82) is 0 Å². The molecular formula is C38H48N8O3. The molecule has 2 N–H and O–H groups in total. The number of aromatic nitrogens is 4. The Kier molecular flexibility index (Phi) is 8.43. The molecule has 0 bridgehead atoms. The zero-order valence-corrected chi connectivity index (χ0v) is 28.9. The van der Waals surface area contributed by atoms with Gasteiger partial charge >= 0.3 is 6.09 Å². The average molecular weight is 665 g/mol. The first-order valence-electron chi connectivity index (χ1n) is 17.9. The Bertz CT molecular complexity index is 1760. The van der Waals surface area contributed by atoms with Crippen molar-refractivity contribution in [3.05, 3.63) is 60.9 Å². The van der Waals surface area contributed by atoms with E-state index in [1.54, 1.807) is 6.33 Å². The second-order valence-electron chi connectivity index (χ2n) is 15.6. The number of ether oxygens (including phenoxy) is 2. The Hall–Kier alpha value is -4.22. The fraction of sp³-hybridized carbons (Fsp3) is 0.526. The quantitative estimate of drug-likeness (QED) is 0.251. The molecule has 0 spiro atoms. The van der Waals surface area contributed by atoms with Crippen molar-refractivity contribution in [1.82, 2.24) is 34.4 Å². The standard InChI is InChI=1S/C38H48N8O3/c1-38(2,3)49-37(47)45-20-25(21-45)19-43-22-27-17-30(18-28(27)23-43)44-15-13-29(14-16-44)46-36-33(35(39)40-24-41-36)34(42-46)26-9-11-32(12-10-26)48-31-7-5-4-6-8-31/h4-12,24-25,27-30H,13-23H2,1-3H3,(H2,39,40,41)/t27-,28+,30?. The van der Waals surface area contributed by atoms with Gasteiger partial charge in [0, 0.05) is 63.3 Å². The van der Waals surface area contributed by atoms with Gasteiger partial charge in [-0.05, 0) is 94.7 Å². The average Bonchev–Trinajstić information content (AvgIpc) is 3.75. The fourth-order valence-corrected chi connectivity index (χ4v) is 8.59. The van der Waals surface area contributed by atoms with E-state index in [1.807, 2.05) is 80.3 Å². The van der Waals surface area contributed by atoms with Gasteiger partial charge in [-0.3, -0.25) is 0 Å². The number of carbonyl (C=O) groups excluding carboxylic acids is 1. The highest BCUT2D eigenvalue weighted by molar-refractivity contribution is 5.98. The molecule has 0 radical (unpaired) electrons. The number of rotatable bonds is 7. The summed E-state index contributed by atoms with van der Waals surface area (Å²) in [6.45, 7) is 13.1. The van der Waals surface area contributed by atoms with E-state index in [0.717, 1.165) is 91.2 Å². The van der Waals surface area contributed by atoms with Crippen molar-refractivity contribution in [3.8, 4) is 22.8 Å². The molecule has 3 aliphatic heterocycles. The largest absolute Gasteiger partial charge is 0.457 e. The fourth-order valence-electron chi connectivity index (χ4n) is 8.59. The number of nitrogens with zero attached hydrogens (tertiary/aromatic N) is 7. The first-order valence-corrected chi connectivity index (χ1v) is 17.9. The van der Waals surface area contributed by atoms with Crippen LogP contribution in [-0.2, 0) is 4.74 Å². The third kappa shape index (κ3) is 6.70. The van der Waals surface area contributed by atoms with Gasteiger partial charge < -0.3 is 29.9 Å². The first kappa shape index (κ1) is 32.0. The van der Waals surface area contributed by atoms with Crippen molar-refractivity contribution >= 4 is 22.9 Å². The highest BCUT2D eigenvalue weighted by Gasteiger charge is 2.45. The molecule has 11 heteroatoms. The van der Waals surface area contributed by atoms with Crippen LogP contribution >= 0.6 is 0 Å². The number of hydrogen-bond acceptors (Lipinski definition) is 9. The Morgan fingerprint density at radius 3 is 2.22 bits per heavy atom. The molecule has 2 aromatic carbocycles. The Morgan fingerprint density at radius 1 is 0.878 bits per heavy atom. The molecule has 4 fully saturated rings. The van der Waals surface area contributed by atoms with E-state index in [4.69, 9.17) is 20.3 Å². The zero-order chi connectivity index (χ0) is 33.7. The van der Waals surface area contributed by atoms with Crippen molar-refractivity contribution in [2.75, 3.05) is 51.5 Å². The highest BCUT2D eigenvalue weighted by atomic mass is 16.6. The zero-order valence-electron chi connectivity index (χ0n) is 28.9.